The molecular formula is C10H7Br2F4NO. The van der Waals surface area contributed by atoms with Crippen LogP contribution >= 0.6 is 31.9 Å². The predicted molar refractivity (Wildman–Crippen MR) is 65.1 cm³/mol. The van der Waals surface area contributed by atoms with Crippen LogP contribution < -0.4 is 5.32 Å². The van der Waals surface area contributed by atoms with E-state index in [-0.39, 0.29) is 5.56 Å². The zero-order valence-electron chi connectivity index (χ0n) is 8.69. The number of rotatable bonds is 4. The quantitative estimate of drug-likeness (QED) is 0.775. The van der Waals surface area contributed by atoms with Crippen molar-refractivity contribution in [3.05, 3.63) is 32.7 Å². The molecule has 1 aromatic rings. The first-order valence-corrected chi connectivity index (χ1v) is 6.22. The largest absolute Gasteiger partial charge is 0.346 e. The molecule has 100 valence electrons. The van der Waals surface area contributed by atoms with Gasteiger partial charge in [0.05, 0.1) is 12.1 Å². The van der Waals surface area contributed by atoms with Crippen LogP contribution in [-0.4, -0.2) is 24.8 Å². The van der Waals surface area contributed by atoms with E-state index in [1.165, 1.54) is 12.1 Å². The normalized spacial score (nSPS) is 11.7. The molecule has 1 rings (SSSR count). The number of carbonyl (C=O) groups excluding carboxylic acids is 1. The van der Waals surface area contributed by atoms with Crippen LogP contribution in [0.5, 0.6) is 0 Å². The van der Waals surface area contributed by atoms with Crippen LogP contribution in [0.4, 0.5) is 17.6 Å². The number of hydrogen-bond acceptors (Lipinski definition) is 1. The molecule has 8 heteroatoms. The molecule has 0 saturated carbocycles. The zero-order valence-corrected chi connectivity index (χ0v) is 11.9. The lowest BCUT2D eigenvalue weighted by atomic mass is 10.2. The number of nitrogens with one attached hydrogen (secondary N) is 1. The van der Waals surface area contributed by atoms with Crippen molar-refractivity contribution >= 4 is 37.8 Å². The molecule has 0 spiro atoms. The number of benzene rings is 1. The Balaban J connectivity index is 2.72. The molecule has 1 amide bonds. The van der Waals surface area contributed by atoms with Crippen LogP contribution in [0.2, 0.25) is 0 Å². The summed E-state index contributed by atoms with van der Waals surface area (Å²) in [5, 5.41) is 1.77. The summed E-state index contributed by atoms with van der Waals surface area (Å²) < 4.78 is 50.0. The van der Waals surface area contributed by atoms with Crippen LogP contribution in [0.25, 0.3) is 0 Å². The van der Waals surface area contributed by atoms with Gasteiger partial charge in [-0.3, -0.25) is 4.79 Å². The third-order valence-corrected chi connectivity index (χ3v) is 3.13. The maximum absolute atomic E-state index is 12.6. The van der Waals surface area contributed by atoms with Crippen LogP contribution in [0.3, 0.4) is 0 Å². The van der Waals surface area contributed by atoms with Gasteiger partial charge in [-0.15, -0.1) is 0 Å². The van der Waals surface area contributed by atoms with E-state index in [1.54, 1.807) is 11.4 Å². The summed E-state index contributed by atoms with van der Waals surface area (Å²) in [7, 11) is 0. The highest BCUT2D eigenvalue weighted by atomic mass is 79.9. The van der Waals surface area contributed by atoms with E-state index >= 15 is 0 Å². The molecule has 1 aromatic carbocycles. The van der Waals surface area contributed by atoms with E-state index in [0.29, 0.717) is 8.95 Å². The fourth-order valence-corrected chi connectivity index (χ4v) is 2.27. The van der Waals surface area contributed by atoms with Crippen molar-refractivity contribution in [1.82, 2.24) is 5.32 Å². The highest BCUT2D eigenvalue weighted by Crippen LogP contribution is 2.24. The van der Waals surface area contributed by atoms with E-state index in [0.717, 1.165) is 0 Å². The smallest absolute Gasteiger partial charge is 0.324 e. The summed E-state index contributed by atoms with van der Waals surface area (Å²) in [6.07, 6.45) is -3.81. The van der Waals surface area contributed by atoms with Crippen molar-refractivity contribution in [1.29, 1.82) is 0 Å². The van der Waals surface area contributed by atoms with Gasteiger partial charge in [0.2, 0.25) is 0 Å². The SMILES string of the molecule is O=C(NCC(F)(F)C(F)F)c1ccc(Br)cc1Br. The number of hydrogen-bond donors (Lipinski definition) is 1. The number of alkyl halides is 4. The Bertz CT molecular complexity index is 454. The van der Waals surface area contributed by atoms with E-state index < -0.39 is 24.8 Å². The Labute approximate surface area is 117 Å². The molecule has 0 aromatic heterocycles. The van der Waals surface area contributed by atoms with Gasteiger partial charge >= 0.3 is 12.3 Å². The summed E-state index contributed by atoms with van der Waals surface area (Å²) in [6.45, 7) is -1.41. The average molecular weight is 393 g/mol. The molecule has 1 N–H and O–H groups in total. The first-order valence-electron chi connectivity index (χ1n) is 4.63. The van der Waals surface area contributed by atoms with Crippen molar-refractivity contribution < 1.29 is 22.4 Å². The molecule has 0 saturated heterocycles. The van der Waals surface area contributed by atoms with Gasteiger partial charge in [-0.2, -0.15) is 8.78 Å². The van der Waals surface area contributed by atoms with Crippen LogP contribution in [0.1, 0.15) is 10.4 Å². The molecule has 2 nitrogen and oxygen atoms in total. The highest BCUT2D eigenvalue weighted by Gasteiger charge is 2.40. The van der Waals surface area contributed by atoms with E-state index in [1.807, 2.05) is 0 Å². The second-order valence-electron chi connectivity index (χ2n) is 3.37. The molecule has 18 heavy (non-hydrogen) atoms. The van der Waals surface area contributed by atoms with Crippen molar-refractivity contribution in [3.63, 3.8) is 0 Å². The highest BCUT2D eigenvalue weighted by molar-refractivity contribution is 9.11. The fraction of sp³-hybridized carbons (Fsp3) is 0.300. The van der Waals surface area contributed by atoms with Gasteiger partial charge in [0.25, 0.3) is 5.91 Å². The summed E-state index contributed by atoms with van der Waals surface area (Å²) in [5.41, 5.74) is 0.0864. The molecule has 0 atom stereocenters. The Kier molecular flexibility index (Phi) is 5.15. The molecule has 0 radical (unpaired) electrons. The molecule has 0 aliphatic rings. The molecule has 0 unspecified atom stereocenters. The number of halogens is 6. The average Bonchev–Trinajstić information content (AvgIpc) is 2.25. The molecule has 0 heterocycles. The zero-order chi connectivity index (χ0) is 13.9. The van der Waals surface area contributed by atoms with Crippen LogP contribution in [0.15, 0.2) is 27.1 Å². The third kappa shape index (κ3) is 3.94. The summed E-state index contributed by atoms with van der Waals surface area (Å²) in [4.78, 5) is 11.5. The van der Waals surface area contributed by atoms with Gasteiger partial charge in [0.1, 0.15) is 0 Å². The molecule has 0 bridgehead atoms. The Morgan fingerprint density at radius 2 is 1.94 bits per heavy atom. The Morgan fingerprint density at radius 1 is 1.33 bits per heavy atom. The van der Waals surface area contributed by atoms with Gasteiger partial charge in [-0.05, 0) is 34.1 Å². The van der Waals surface area contributed by atoms with E-state index in [9.17, 15) is 22.4 Å². The monoisotopic (exact) mass is 391 g/mol. The lowest BCUT2D eigenvalue weighted by Gasteiger charge is -2.16. The second kappa shape index (κ2) is 6.01. The summed E-state index contributed by atoms with van der Waals surface area (Å²) in [6, 6.07) is 4.45. The fourth-order valence-electron chi connectivity index (χ4n) is 1.04. The minimum atomic E-state index is -4.24. The van der Waals surface area contributed by atoms with Crippen LogP contribution in [-0.2, 0) is 0 Å². The minimum Gasteiger partial charge on any atom is -0.346 e. The van der Waals surface area contributed by atoms with E-state index in [4.69, 9.17) is 0 Å². The van der Waals surface area contributed by atoms with E-state index in [2.05, 4.69) is 31.9 Å². The maximum atomic E-state index is 12.6. The standard InChI is InChI=1S/C10H7Br2F4NO/c11-5-1-2-6(7(12)3-5)8(18)17-4-10(15,16)9(13)14/h1-3,9H,4H2,(H,17,18). The molecule has 0 aliphatic carbocycles. The summed E-state index contributed by atoms with van der Waals surface area (Å²) >= 11 is 6.22. The predicted octanol–water partition coefficient (Wildman–Crippen LogP) is 3.84. The van der Waals surface area contributed by atoms with Gasteiger partial charge in [-0.25, -0.2) is 8.78 Å². The first-order chi connectivity index (χ1) is 8.24. The lowest BCUT2D eigenvalue weighted by molar-refractivity contribution is -0.123. The van der Waals surface area contributed by atoms with Crippen molar-refractivity contribution in [2.24, 2.45) is 0 Å². The Morgan fingerprint density at radius 3 is 2.44 bits per heavy atom. The van der Waals surface area contributed by atoms with Crippen molar-refractivity contribution in [2.45, 2.75) is 12.3 Å². The van der Waals surface area contributed by atoms with Gasteiger partial charge < -0.3 is 5.32 Å². The Hall–Kier alpha value is -0.630. The first kappa shape index (κ1) is 15.4. The lowest BCUT2D eigenvalue weighted by Crippen LogP contribution is -2.41. The van der Waals surface area contributed by atoms with Crippen molar-refractivity contribution in [3.8, 4) is 0 Å². The van der Waals surface area contributed by atoms with Crippen molar-refractivity contribution in [2.75, 3.05) is 6.54 Å². The maximum Gasteiger partial charge on any atom is 0.324 e. The van der Waals surface area contributed by atoms with Gasteiger partial charge in [0, 0.05) is 8.95 Å². The third-order valence-electron chi connectivity index (χ3n) is 1.98. The number of amides is 1. The van der Waals surface area contributed by atoms with Gasteiger partial charge in [0.15, 0.2) is 0 Å². The van der Waals surface area contributed by atoms with Gasteiger partial charge in [-0.1, -0.05) is 15.9 Å². The molecular weight excluding hydrogens is 386 g/mol. The number of carbonyl (C=O) groups is 1. The summed E-state index contributed by atoms with van der Waals surface area (Å²) in [5.74, 6) is -5.09. The minimum absolute atomic E-state index is 0.0864. The molecule has 0 aliphatic heterocycles. The topological polar surface area (TPSA) is 29.1 Å². The second-order valence-corrected chi connectivity index (χ2v) is 5.14. The molecule has 0 fully saturated rings. The van der Waals surface area contributed by atoms with Crippen LogP contribution in [0, 0.1) is 0 Å².